The van der Waals surface area contributed by atoms with Gasteiger partial charge in [0.25, 0.3) is 0 Å². The third kappa shape index (κ3) is 0.865. The Morgan fingerprint density at radius 1 is 1.71 bits per heavy atom. The highest BCUT2D eigenvalue weighted by atomic mass is 16.6. The average molecular weight is 192 g/mol. The Morgan fingerprint density at radius 2 is 2.50 bits per heavy atom. The van der Waals surface area contributed by atoms with Crippen LogP contribution in [0.3, 0.4) is 0 Å². The number of ether oxygens (including phenoxy) is 1. The molecule has 74 valence electrons. The Kier molecular flexibility index (Phi) is 1.43. The summed E-state index contributed by atoms with van der Waals surface area (Å²) in [5.41, 5.74) is 1.49. The second-order valence-corrected chi connectivity index (χ2v) is 3.93. The van der Waals surface area contributed by atoms with Crippen molar-refractivity contribution in [3.63, 3.8) is 0 Å². The van der Waals surface area contributed by atoms with Crippen LogP contribution >= 0.6 is 0 Å². The molecule has 1 saturated heterocycles. The van der Waals surface area contributed by atoms with Crippen LogP contribution in [0.2, 0.25) is 0 Å². The Morgan fingerprint density at radius 3 is 3.14 bits per heavy atom. The maximum absolute atomic E-state index is 11.6. The maximum Gasteiger partial charge on any atom is 0.183 e. The fourth-order valence-corrected chi connectivity index (χ4v) is 2.22. The highest BCUT2D eigenvalue weighted by molar-refractivity contribution is 5.97. The molecule has 0 radical (unpaired) electrons. The lowest BCUT2D eigenvalue weighted by Crippen LogP contribution is -2.24. The van der Waals surface area contributed by atoms with Gasteiger partial charge in [-0.2, -0.15) is 0 Å². The number of aryl methyl sites for hydroxylation is 1. The average Bonchev–Trinajstić information content (AvgIpc) is 2.82. The summed E-state index contributed by atoms with van der Waals surface area (Å²) in [7, 11) is 0. The fourth-order valence-electron chi connectivity index (χ4n) is 2.22. The number of Topliss-reactive ketones (excluding diaryl/α,β-unsaturated/α-hetero) is 1. The molecule has 0 aromatic carbocycles. The number of rotatable bonds is 1. The van der Waals surface area contributed by atoms with Gasteiger partial charge in [-0.25, -0.2) is 4.98 Å². The highest BCUT2D eigenvalue weighted by Gasteiger charge is 2.53. The van der Waals surface area contributed by atoms with E-state index in [1.807, 2.05) is 4.57 Å². The van der Waals surface area contributed by atoms with E-state index >= 15 is 0 Å². The molecule has 1 aliphatic carbocycles. The highest BCUT2D eigenvalue weighted by Crippen LogP contribution is 2.47. The van der Waals surface area contributed by atoms with Gasteiger partial charge in [-0.15, -0.1) is 0 Å². The van der Waals surface area contributed by atoms with E-state index in [1.54, 1.807) is 6.33 Å². The molecule has 0 amide bonds. The molecular weight excluding hydrogens is 180 g/mol. The van der Waals surface area contributed by atoms with Gasteiger partial charge in [0.15, 0.2) is 5.78 Å². The number of fused-ring (bicyclic) bond motifs is 2. The Balaban J connectivity index is 2.20. The van der Waals surface area contributed by atoms with Crippen molar-refractivity contribution in [2.24, 2.45) is 0 Å². The molecule has 4 heteroatoms. The number of imidazole rings is 1. The minimum Gasteiger partial charge on any atom is -0.363 e. The van der Waals surface area contributed by atoms with Gasteiger partial charge in [0, 0.05) is 13.0 Å². The van der Waals surface area contributed by atoms with Crippen molar-refractivity contribution in [3.05, 3.63) is 17.7 Å². The monoisotopic (exact) mass is 192 g/mol. The number of hydrogen-bond donors (Lipinski definition) is 0. The zero-order valence-electron chi connectivity index (χ0n) is 8.12. The van der Waals surface area contributed by atoms with Crippen LogP contribution in [0.1, 0.15) is 35.9 Å². The molecule has 4 nitrogen and oxygen atoms in total. The first-order valence-corrected chi connectivity index (χ1v) is 4.99. The van der Waals surface area contributed by atoms with Crippen molar-refractivity contribution in [2.45, 2.75) is 31.9 Å². The van der Waals surface area contributed by atoms with Gasteiger partial charge in [-0.05, 0) is 13.3 Å². The third-order valence-corrected chi connectivity index (χ3v) is 3.12. The molecule has 2 aliphatic rings. The Hall–Kier alpha value is -1.16. The van der Waals surface area contributed by atoms with Gasteiger partial charge in [0.1, 0.15) is 11.3 Å². The van der Waals surface area contributed by atoms with Gasteiger partial charge in [-0.1, -0.05) is 0 Å². The van der Waals surface area contributed by atoms with Crippen molar-refractivity contribution in [1.82, 2.24) is 9.55 Å². The molecule has 1 aliphatic heterocycles. The van der Waals surface area contributed by atoms with E-state index in [2.05, 4.69) is 11.9 Å². The van der Waals surface area contributed by atoms with Gasteiger partial charge < -0.3 is 9.30 Å². The topological polar surface area (TPSA) is 47.4 Å². The molecule has 0 saturated carbocycles. The SMILES string of the molecule is CCn1cnc2c1C1(CCC2=O)CO1. The lowest BCUT2D eigenvalue weighted by atomic mass is 9.89. The number of aromatic nitrogens is 2. The molecule has 0 bridgehead atoms. The molecule has 1 atom stereocenters. The summed E-state index contributed by atoms with van der Waals surface area (Å²) in [5, 5.41) is 0. The first-order chi connectivity index (χ1) is 6.77. The number of hydrogen-bond acceptors (Lipinski definition) is 3. The second-order valence-electron chi connectivity index (χ2n) is 3.93. The van der Waals surface area contributed by atoms with Gasteiger partial charge in [0.05, 0.1) is 18.6 Å². The molecule has 1 aromatic rings. The standard InChI is InChI=1S/C10H12N2O2/c1-2-12-6-11-8-7(13)3-4-10(5-14-10)9(8)12/h6H,2-5H2,1H3. The predicted octanol–water partition coefficient (Wildman–Crippen LogP) is 1.10. The minimum atomic E-state index is -0.157. The third-order valence-electron chi connectivity index (χ3n) is 3.12. The number of epoxide rings is 1. The molecule has 14 heavy (non-hydrogen) atoms. The normalized spacial score (nSPS) is 29.4. The number of carbonyl (C=O) groups is 1. The lowest BCUT2D eigenvalue weighted by molar-refractivity contribution is 0.0939. The van der Waals surface area contributed by atoms with Crippen LogP contribution in [0, 0.1) is 0 Å². The van der Waals surface area contributed by atoms with Gasteiger partial charge in [-0.3, -0.25) is 4.79 Å². The van der Waals surface area contributed by atoms with Crippen molar-refractivity contribution in [3.8, 4) is 0 Å². The summed E-state index contributed by atoms with van der Waals surface area (Å²) in [6.45, 7) is 3.65. The Bertz CT molecular complexity index is 404. The van der Waals surface area contributed by atoms with Crippen LogP contribution in [0.15, 0.2) is 6.33 Å². The molecule has 1 aromatic heterocycles. The van der Waals surface area contributed by atoms with E-state index in [9.17, 15) is 4.79 Å². The van der Waals surface area contributed by atoms with Crippen LogP contribution in [0.5, 0.6) is 0 Å². The van der Waals surface area contributed by atoms with Crippen molar-refractivity contribution < 1.29 is 9.53 Å². The summed E-state index contributed by atoms with van der Waals surface area (Å²) < 4.78 is 7.53. The molecule has 2 heterocycles. The quantitative estimate of drug-likeness (QED) is 0.626. The van der Waals surface area contributed by atoms with E-state index in [-0.39, 0.29) is 11.4 Å². The summed E-state index contributed by atoms with van der Waals surface area (Å²) in [6, 6.07) is 0. The van der Waals surface area contributed by atoms with Crippen molar-refractivity contribution in [1.29, 1.82) is 0 Å². The van der Waals surface area contributed by atoms with E-state index in [0.717, 1.165) is 25.3 Å². The van der Waals surface area contributed by atoms with E-state index < -0.39 is 0 Å². The molecule has 0 N–H and O–H groups in total. The lowest BCUT2D eigenvalue weighted by Gasteiger charge is -2.19. The van der Waals surface area contributed by atoms with E-state index in [1.165, 1.54) is 0 Å². The zero-order chi connectivity index (χ0) is 9.76. The number of nitrogens with zero attached hydrogens (tertiary/aromatic N) is 2. The first-order valence-electron chi connectivity index (χ1n) is 4.99. The van der Waals surface area contributed by atoms with Crippen LogP contribution < -0.4 is 0 Å². The maximum atomic E-state index is 11.6. The minimum absolute atomic E-state index is 0.157. The smallest absolute Gasteiger partial charge is 0.183 e. The molecular formula is C10H12N2O2. The van der Waals surface area contributed by atoms with Crippen LogP contribution in [-0.4, -0.2) is 21.9 Å². The van der Waals surface area contributed by atoms with Gasteiger partial charge in [0.2, 0.25) is 0 Å². The number of ketones is 1. The van der Waals surface area contributed by atoms with Crippen molar-refractivity contribution >= 4 is 5.78 Å². The summed E-state index contributed by atoms with van der Waals surface area (Å²) in [5.74, 6) is 0.160. The van der Waals surface area contributed by atoms with E-state index in [4.69, 9.17) is 4.74 Å². The number of carbonyl (C=O) groups excluding carboxylic acids is 1. The first kappa shape index (κ1) is 8.17. The van der Waals surface area contributed by atoms with Crippen LogP contribution in [0.4, 0.5) is 0 Å². The van der Waals surface area contributed by atoms with Crippen molar-refractivity contribution in [2.75, 3.05) is 6.61 Å². The molecule has 1 fully saturated rings. The molecule has 1 unspecified atom stereocenters. The fraction of sp³-hybridized carbons (Fsp3) is 0.600. The summed E-state index contributed by atoms with van der Waals surface area (Å²) in [6.07, 6.45) is 3.15. The molecule has 1 spiro atoms. The molecule has 3 rings (SSSR count). The van der Waals surface area contributed by atoms with E-state index in [0.29, 0.717) is 12.1 Å². The summed E-state index contributed by atoms with van der Waals surface area (Å²) >= 11 is 0. The second kappa shape index (κ2) is 2.45. The summed E-state index contributed by atoms with van der Waals surface area (Å²) in [4.78, 5) is 15.8. The van der Waals surface area contributed by atoms with Crippen LogP contribution in [-0.2, 0) is 16.9 Å². The predicted molar refractivity (Wildman–Crippen MR) is 49.1 cm³/mol. The van der Waals surface area contributed by atoms with Crippen LogP contribution in [0.25, 0.3) is 0 Å². The largest absolute Gasteiger partial charge is 0.363 e. The zero-order valence-corrected chi connectivity index (χ0v) is 8.12. The van der Waals surface area contributed by atoms with Gasteiger partial charge >= 0.3 is 0 Å². The Labute approximate surface area is 81.9 Å².